The molecule has 164 valence electrons. The molecule has 3 heterocycles. The van der Waals surface area contributed by atoms with Gasteiger partial charge in [0.25, 0.3) is 0 Å². The van der Waals surface area contributed by atoms with E-state index in [1.165, 1.54) is 0 Å². The molecule has 9 heteroatoms. The van der Waals surface area contributed by atoms with Gasteiger partial charge in [-0.15, -0.1) is 5.10 Å². The summed E-state index contributed by atoms with van der Waals surface area (Å²) in [6.45, 7) is 5.85. The van der Waals surface area contributed by atoms with E-state index >= 15 is 0 Å². The number of alkyl halides is 2. The first-order valence-electron chi connectivity index (χ1n) is 10.5. The molecule has 7 nitrogen and oxygen atoms in total. The van der Waals surface area contributed by atoms with E-state index in [0.717, 1.165) is 33.9 Å². The van der Waals surface area contributed by atoms with Crippen LogP contribution in [0.1, 0.15) is 45.2 Å². The second-order valence-electron chi connectivity index (χ2n) is 8.19. The molecule has 4 rings (SSSR count). The number of halogens is 2. The van der Waals surface area contributed by atoms with Gasteiger partial charge in [0.2, 0.25) is 11.9 Å². The van der Waals surface area contributed by atoms with Crippen LogP contribution < -0.4 is 10.6 Å². The zero-order chi connectivity index (χ0) is 22.2. The molecule has 3 aromatic heterocycles. The van der Waals surface area contributed by atoms with Crippen molar-refractivity contribution in [3.8, 4) is 11.3 Å². The Morgan fingerprint density at radius 2 is 1.90 bits per heavy atom. The first kappa shape index (κ1) is 21.1. The molecule has 1 aliphatic carbocycles. The molecule has 0 spiro atoms. The number of fused-ring (bicyclic) bond motifs is 1. The van der Waals surface area contributed by atoms with Gasteiger partial charge in [-0.2, -0.15) is 4.98 Å². The van der Waals surface area contributed by atoms with Crippen molar-refractivity contribution in [2.75, 3.05) is 17.7 Å². The van der Waals surface area contributed by atoms with E-state index < -0.39 is 5.92 Å². The number of nitrogens with one attached hydrogen (secondary N) is 2. The standard InChI is InChI=1S/C22H27F2N7/c1-13(2)26-17-5-6-18(27-14(17)3)16-9-12-31-19(16)20(25-4)29-21(30-31)28-15-7-10-22(23,24)11-8-15/h5-6,9,12,15H,7-8,10-11H2,1-4H3,(H2,25,28,29,30). The summed E-state index contributed by atoms with van der Waals surface area (Å²) < 4.78 is 28.6. The van der Waals surface area contributed by atoms with Crippen LogP contribution in [0, 0.1) is 6.92 Å². The number of anilines is 2. The van der Waals surface area contributed by atoms with E-state index in [-0.39, 0.29) is 18.9 Å². The van der Waals surface area contributed by atoms with Gasteiger partial charge in [-0.1, -0.05) is 0 Å². The van der Waals surface area contributed by atoms with Crippen LogP contribution in [0.25, 0.3) is 16.8 Å². The fraction of sp³-hybridized carbons (Fsp3) is 0.455. The molecule has 1 saturated carbocycles. The second kappa shape index (κ2) is 8.20. The van der Waals surface area contributed by atoms with E-state index in [9.17, 15) is 8.78 Å². The Morgan fingerprint density at radius 1 is 1.16 bits per heavy atom. The lowest BCUT2D eigenvalue weighted by Crippen LogP contribution is -2.32. The molecule has 1 fully saturated rings. The van der Waals surface area contributed by atoms with Gasteiger partial charge in [-0.25, -0.2) is 13.3 Å². The first-order valence-corrected chi connectivity index (χ1v) is 10.5. The number of aromatic nitrogens is 4. The number of hydrogen-bond donors (Lipinski definition) is 2. The Bertz CT molecular complexity index is 1120. The van der Waals surface area contributed by atoms with Crippen LogP contribution in [0.4, 0.5) is 26.2 Å². The lowest BCUT2D eigenvalue weighted by molar-refractivity contribution is -0.0361. The van der Waals surface area contributed by atoms with Crippen molar-refractivity contribution in [2.24, 2.45) is 4.99 Å². The highest BCUT2D eigenvalue weighted by Gasteiger charge is 2.35. The van der Waals surface area contributed by atoms with E-state index in [2.05, 4.69) is 25.7 Å². The Kier molecular flexibility index (Phi) is 5.60. The summed E-state index contributed by atoms with van der Waals surface area (Å²) in [7, 11) is 1.80. The molecular formula is C22H27F2N7. The molecule has 0 unspecified atom stereocenters. The molecule has 3 aromatic rings. The lowest BCUT2D eigenvalue weighted by Gasteiger charge is -2.28. The maximum Gasteiger partial charge on any atom is 0.248 e. The molecule has 0 saturated heterocycles. The van der Waals surface area contributed by atoms with Crippen molar-refractivity contribution in [3.63, 3.8) is 0 Å². The lowest BCUT2D eigenvalue weighted by atomic mass is 9.92. The van der Waals surface area contributed by atoms with Crippen LogP contribution in [-0.2, 0) is 0 Å². The SMILES string of the molecule is CNc1nc(NC2CCC(F)(F)CC2)nn2ccc(-c3ccc(N=C(C)C)c(C)n3)c12. The van der Waals surface area contributed by atoms with Gasteiger partial charge >= 0.3 is 0 Å². The summed E-state index contributed by atoms with van der Waals surface area (Å²) in [5, 5.41) is 10.9. The number of pyridine rings is 1. The highest BCUT2D eigenvalue weighted by Crippen LogP contribution is 2.35. The van der Waals surface area contributed by atoms with Crippen LogP contribution in [0.15, 0.2) is 29.4 Å². The van der Waals surface area contributed by atoms with Crippen LogP contribution in [0.2, 0.25) is 0 Å². The van der Waals surface area contributed by atoms with Crippen LogP contribution in [0.5, 0.6) is 0 Å². The number of rotatable bonds is 5. The van der Waals surface area contributed by atoms with Crippen molar-refractivity contribution in [1.82, 2.24) is 19.6 Å². The van der Waals surface area contributed by atoms with E-state index in [4.69, 9.17) is 4.98 Å². The van der Waals surface area contributed by atoms with Crippen molar-refractivity contribution in [3.05, 3.63) is 30.1 Å². The van der Waals surface area contributed by atoms with Crippen molar-refractivity contribution in [1.29, 1.82) is 0 Å². The maximum absolute atomic E-state index is 13.4. The number of aliphatic imine (C=N–C) groups is 1. The third-order valence-electron chi connectivity index (χ3n) is 5.48. The normalized spacial score (nSPS) is 16.3. The van der Waals surface area contributed by atoms with Gasteiger partial charge < -0.3 is 10.6 Å². The van der Waals surface area contributed by atoms with Gasteiger partial charge in [-0.3, -0.25) is 9.98 Å². The minimum atomic E-state index is -2.56. The van der Waals surface area contributed by atoms with Crippen LogP contribution in [-0.4, -0.2) is 44.3 Å². The molecule has 0 aliphatic heterocycles. The smallest absolute Gasteiger partial charge is 0.248 e. The second-order valence-corrected chi connectivity index (χ2v) is 8.19. The predicted molar refractivity (Wildman–Crippen MR) is 120 cm³/mol. The molecule has 0 amide bonds. The summed E-state index contributed by atoms with van der Waals surface area (Å²) >= 11 is 0. The fourth-order valence-corrected chi connectivity index (χ4v) is 3.90. The molecule has 0 bridgehead atoms. The summed E-state index contributed by atoms with van der Waals surface area (Å²) in [5.74, 6) is -1.50. The molecular weight excluding hydrogens is 400 g/mol. The molecule has 1 aliphatic rings. The Balaban J connectivity index is 1.65. The summed E-state index contributed by atoms with van der Waals surface area (Å²) in [4.78, 5) is 13.8. The molecule has 0 radical (unpaired) electrons. The minimum Gasteiger partial charge on any atom is -0.371 e. The number of hydrogen-bond acceptors (Lipinski definition) is 6. The molecule has 31 heavy (non-hydrogen) atoms. The monoisotopic (exact) mass is 427 g/mol. The number of nitrogens with zero attached hydrogens (tertiary/aromatic N) is 5. The maximum atomic E-state index is 13.4. The van der Waals surface area contributed by atoms with Crippen LogP contribution >= 0.6 is 0 Å². The van der Waals surface area contributed by atoms with Gasteiger partial charge in [0.15, 0.2) is 5.82 Å². The average molecular weight is 428 g/mol. The van der Waals surface area contributed by atoms with Gasteiger partial charge in [0, 0.05) is 43.4 Å². The number of aryl methyl sites for hydroxylation is 1. The van der Waals surface area contributed by atoms with Gasteiger partial charge in [0.05, 0.1) is 17.1 Å². The average Bonchev–Trinajstić information content (AvgIpc) is 3.14. The van der Waals surface area contributed by atoms with Crippen molar-refractivity contribution in [2.45, 2.75) is 58.4 Å². The van der Waals surface area contributed by atoms with Gasteiger partial charge in [-0.05, 0) is 51.8 Å². The molecule has 0 atom stereocenters. The van der Waals surface area contributed by atoms with E-state index in [1.807, 2.05) is 45.2 Å². The summed E-state index contributed by atoms with van der Waals surface area (Å²) in [5.41, 5.74) is 5.18. The van der Waals surface area contributed by atoms with E-state index in [0.29, 0.717) is 24.6 Å². The zero-order valence-corrected chi connectivity index (χ0v) is 18.2. The Labute approximate surface area is 180 Å². The quantitative estimate of drug-likeness (QED) is 0.544. The first-order chi connectivity index (χ1) is 14.8. The Hall–Kier alpha value is -3.10. The van der Waals surface area contributed by atoms with Crippen LogP contribution in [0.3, 0.4) is 0 Å². The molecule has 2 N–H and O–H groups in total. The summed E-state index contributed by atoms with van der Waals surface area (Å²) in [6, 6.07) is 5.79. The minimum absolute atomic E-state index is 0.0590. The van der Waals surface area contributed by atoms with Crippen molar-refractivity contribution < 1.29 is 8.78 Å². The predicted octanol–water partition coefficient (Wildman–Crippen LogP) is 5.24. The topological polar surface area (TPSA) is 79.5 Å². The third kappa shape index (κ3) is 4.50. The fourth-order valence-electron chi connectivity index (χ4n) is 3.90. The third-order valence-corrected chi connectivity index (χ3v) is 5.48. The largest absolute Gasteiger partial charge is 0.371 e. The summed E-state index contributed by atoms with van der Waals surface area (Å²) in [6.07, 6.45) is 2.43. The zero-order valence-electron chi connectivity index (χ0n) is 18.2. The highest BCUT2D eigenvalue weighted by atomic mass is 19.3. The highest BCUT2D eigenvalue weighted by molar-refractivity contribution is 5.88. The Morgan fingerprint density at radius 3 is 2.55 bits per heavy atom. The van der Waals surface area contributed by atoms with Gasteiger partial charge in [0.1, 0.15) is 5.52 Å². The van der Waals surface area contributed by atoms with Crippen molar-refractivity contribution >= 4 is 28.7 Å². The molecule has 0 aromatic carbocycles. The van der Waals surface area contributed by atoms with E-state index in [1.54, 1.807) is 11.6 Å².